The Morgan fingerprint density at radius 3 is 1.41 bits per heavy atom. The average Bonchev–Trinajstić information content (AvgIpc) is 3.20. The molecule has 0 aliphatic rings. The Balaban J connectivity index is 4.39. The monoisotopic (exact) mass is 842 g/mol. The Bertz CT molecular complexity index is 1130. The molecule has 0 saturated heterocycles. The standard InChI is InChI=1S/C46H84NO10P/c1-3-5-7-9-11-13-15-17-19-21-23-25-27-29-31-33-35-37-44(48)54-39-42(40-55-58(52,53)56-41-43(47)46(50)51)57-45(49)38-36-34-32-30-28-26-24-22-20-18-16-14-12-10-8-6-4-2/h17,19,23,25,29,31,42-43H,3-16,18,20-22,24,26-28,30,32-41,47H2,1-2H3,(H,50,51)(H,52,53)/b19-17-,25-23-,31-29-/t42-,43+/m1/s1. The van der Waals surface area contributed by atoms with Crippen LogP contribution in [-0.2, 0) is 37.5 Å². The molecular formula is C46H84NO10P. The van der Waals surface area contributed by atoms with Crippen molar-refractivity contribution in [2.75, 3.05) is 19.8 Å². The van der Waals surface area contributed by atoms with E-state index in [0.29, 0.717) is 19.3 Å². The third-order valence-corrected chi connectivity index (χ3v) is 10.8. The highest BCUT2D eigenvalue weighted by molar-refractivity contribution is 7.47. The van der Waals surface area contributed by atoms with E-state index in [-0.39, 0.29) is 19.4 Å². The van der Waals surface area contributed by atoms with Crippen LogP contribution in [0.5, 0.6) is 0 Å². The van der Waals surface area contributed by atoms with Crippen LogP contribution in [0, 0.1) is 0 Å². The van der Waals surface area contributed by atoms with Crippen molar-refractivity contribution in [3.05, 3.63) is 36.5 Å². The normalized spacial score (nSPS) is 14.0. The lowest BCUT2D eigenvalue weighted by Crippen LogP contribution is -2.34. The molecule has 338 valence electrons. The Hall–Kier alpha value is -2.30. The molecule has 4 N–H and O–H groups in total. The molecule has 3 atom stereocenters. The van der Waals surface area contributed by atoms with E-state index in [1.807, 2.05) is 6.08 Å². The van der Waals surface area contributed by atoms with Gasteiger partial charge in [0.05, 0.1) is 13.2 Å². The molecule has 0 heterocycles. The Kier molecular flexibility index (Phi) is 39.8. The second kappa shape index (κ2) is 41.4. The molecule has 1 unspecified atom stereocenters. The van der Waals surface area contributed by atoms with Gasteiger partial charge in [-0.05, 0) is 44.9 Å². The van der Waals surface area contributed by atoms with Gasteiger partial charge in [-0.2, -0.15) is 0 Å². The number of esters is 2. The molecule has 0 aliphatic carbocycles. The second-order valence-electron chi connectivity index (χ2n) is 15.5. The molecule has 0 fully saturated rings. The second-order valence-corrected chi connectivity index (χ2v) is 17.0. The van der Waals surface area contributed by atoms with E-state index < -0.39 is 51.1 Å². The highest BCUT2D eigenvalue weighted by Gasteiger charge is 2.28. The number of carbonyl (C=O) groups excluding carboxylic acids is 2. The first kappa shape index (κ1) is 55.7. The highest BCUT2D eigenvalue weighted by atomic mass is 31.2. The number of ether oxygens (including phenoxy) is 2. The van der Waals surface area contributed by atoms with Gasteiger partial charge in [-0.1, -0.05) is 185 Å². The molecule has 0 bridgehead atoms. The summed E-state index contributed by atoms with van der Waals surface area (Å²) in [5.74, 6) is -2.44. The molecule has 0 rings (SSSR count). The van der Waals surface area contributed by atoms with Gasteiger partial charge in [0.2, 0.25) is 0 Å². The van der Waals surface area contributed by atoms with Crippen molar-refractivity contribution in [2.45, 2.75) is 219 Å². The molecule has 0 spiro atoms. The number of nitrogens with two attached hydrogens (primary N) is 1. The molecule has 0 aromatic carbocycles. The first-order chi connectivity index (χ1) is 28.1. The van der Waals surface area contributed by atoms with Crippen LogP contribution in [0.4, 0.5) is 0 Å². The van der Waals surface area contributed by atoms with Crippen molar-refractivity contribution in [1.29, 1.82) is 0 Å². The topological polar surface area (TPSA) is 172 Å². The maximum Gasteiger partial charge on any atom is 0.472 e. The fraction of sp³-hybridized carbons (Fsp3) is 0.804. The lowest BCUT2D eigenvalue weighted by atomic mass is 10.0. The van der Waals surface area contributed by atoms with Crippen LogP contribution in [0.3, 0.4) is 0 Å². The van der Waals surface area contributed by atoms with E-state index in [4.69, 9.17) is 24.8 Å². The average molecular weight is 842 g/mol. The molecule has 12 heteroatoms. The number of carboxylic acids is 1. The van der Waals surface area contributed by atoms with Gasteiger partial charge < -0.3 is 25.2 Å². The SMILES string of the molecule is CCCCCCCC/C=C\C/C=C\C/C=C\CCCC(=O)OC[C@H](COP(=O)(O)OC[C@H](N)C(=O)O)OC(=O)CCCCCCCCCCCCCCCCCCC. The number of aliphatic carboxylic acids is 1. The molecule has 0 amide bonds. The van der Waals surface area contributed by atoms with E-state index in [0.717, 1.165) is 38.5 Å². The van der Waals surface area contributed by atoms with E-state index in [1.165, 1.54) is 122 Å². The Morgan fingerprint density at radius 1 is 0.534 bits per heavy atom. The predicted octanol–water partition coefficient (Wildman–Crippen LogP) is 12.4. The zero-order valence-corrected chi connectivity index (χ0v) is 37.5. The van der Waals surface area contributed by atoms with E-state index in [2.05, 4.69) is 48.8 Å². The zero-order chi connectivity index (χ0) is 42.8. The van der Waals surface area contributed by atoms with Gasteiger partial charge in [-0.3, -0.25) is 23.4 Å². The summed E-state index contributed by atoms with van der Waals surface area (Å²) in [6.45, 7) is 2.77. The maximum atomic E-state index is 12.6. The molecule has 11 nitrogen and oxygen atoms in total. The summed E-state index contributed by atoms with van der Waals surface area (Å²) in [4.78, 5) is 46.0. The number of allylic oxidation sites excluding steroid dienone is 6. The van der Waals surface area contributed by atoms with Crippen molar-refractivity contribution >= 4 is 25.7 Å². The molecule has 0 radical (unpaired) electrons. The van der Waals surface area contributed by atoms with Crippen LogP contribution in [0.25, 0.3) is 0 Å². The fourth-order valence-electron chi connectivity index (χ4n) is 6.26. The number of rotatable bonds is 43. The third-order valence-electron chi connectivity index (χ3n) is 9.89. The van der Waals surface area contributed by atoms with E-state index in [9.17, 15) is 23.8 Å². The highest BCUT2D eigenvalue weighted by Crippen LogP contribution is 2.43. The van der Waals surface area contributed by atoms with Gasteiger partial charge in [-0.15, -0.1) is 0 Å². The predicted molar refractivity (Wildman–Crippen MR) is 235 cm³/mol. The van der Waals surface area contributed by atoms with Gasteiger partial charge in [0.25, 0.3) is 0 Å². The molecule has 58 heavy (non-hydrogen) atoms. The fourth-order valence-corrected chi connectivity index (χ4v) is 7.04. The van der Waals surface area contributed by atoms with Crippen LogP contribution >= 0.6 is 7.82 Å². The van der Waals surface area contributed by atoms with Crippen LogP contribution < -0.4 is 5.73 Å². The number of unbranched alkanes of at least 4 members (excludes halogenated alkanes) is 23. The number of hydrogen-bond donors (Lipinski definition) is 3. The van der Waals surface area contributed by atoms with E-state index >= 15 is 0 Å². The van der Waals surface area contributed by atoms with Gasteiger partial charge in [-0.25, -0.2) is 4.57 Å². The summed E-state index contributed by atoms with van der Waals surface area (Å²) in [6, 6.07) is -1.53. The quantitative estimate of drug-likeness (QED) is 0.0231. The Morgan fingerprint density at radius 2 is 0.931 bits per heavy atom. The van der Waals surface area contributed by atoms with Crippen LogP contribution in [0.15, 0.2) is 36.5 Å². The van der Waals surface area contributed by atoms with E-state index in [1.54, 1.807) is 0 Å². The largest absolute Gasteiger partial charge is 0.480 e. The molecule has 0 aliphatic heterocycles. The van der Waals surface area contributed by atoms with Crippen molar-refractivity contribution < 1.29 is 47.5 Å². The summed E-state index contributed by atoms with van der Waals surface area (Å²) in [7, 11) is -4.73. The number of carbonyl (C=O) groups is 3. The first-order valence-electron chi connectivity index (χ1n) is 23.0. The lowest BCUT2D eigenvalue weighted by molar-refractivity contribution is -0.161. The minimum atomic E-state index is -4.73. The Labute approximate surface area is 353 Å². The van der Waals surface area contributed by atoms with Crippen molar-refractivity contribution in [1.82, 2.24) is 0 Å². The number of phosphoric acid groups is 1. The third kappa shape index (κ3) is 40.5. The summed E-state index contributed by atoms with van der Waals surface area (Å²) in [5.41, 5.74) is 5.33. The van der Waals surface area contributed by atoms with Crippen LogP contribution in [-0.4, -0.2) is 59.9 Å². The first-order valence-corrected chi connectivity index (χ1v) is 24.5. The van der Waals surface area contributed by atoms with Crippen molar-refractivity contribution in [2.24, 2.45) is 5.73 Å². The molecule has 0 saturated carbocycles. The van der Waals surface area contributed by atoms with Crippen LogP contribution in [0.2, 0.25) is 0 Å². The summed E-state index contributed by atoms with van der Waals surface area (Å²) >= 11 is 0. The molecule has 0 aromatic heterocycles. The maximum absolute atomic E-state index is 12.6. The molecule has 0 aromatic rings. The van der Waals surface area contributed by atoms with Gasteiger partial charge in [0.15, 0.2) is 6.10 Å². The lowest BCUT2D eigenvalue weighted by Gasteiger charge is -2.20. The summed E-state index contributed by atoms with van der Waals surface area (Å²) in [5, 5.41) is 8.89. The van der Waals surface area contributed by atoms with Gasteiger partial charge >= 0.3 is 25.7 Å². The summed E-state index contributed by atoms with van der Waals surface area (Å²) < 4.78 is 32.7. The molecular weight excluding hydrogens is 757 g/mol. The number of carboxylic acid groups (broad SMARTS) is 1. The van der Waals surface area contributed by atoms with Crippen LogP contribution in [0.1, 0.15) is 206 Å². The smallest absolute Gasteiger partial charge is 0.472 e. The number of phosphoric ester groups is 1. The van der Waals surface area contributed by atoms with Crippen molar-refractivity contribution in [3.8, 4) is 0 Å². The van der Waals surface area contributed by atoms with Crippen molar-refractivity contribution in [3.63, 3.8) is 0 Å². The minimum Gasteiger partial charge on any atom is -0.480 e. The number of hydrogen-bond acceptors (Lipinski definition) is 9. The van der Waals surface area contributed by atoms with Gasteiger partial charge in [0, 0.05) is 12.8 Å². The minimum absolute atomic E-state index is 0.152. The van der Waals surface area contributed by atoms with Gasteiger partial charge in [0.1, 0.15) is 12.6 Å². The zero-order valence-electron chi connectivity index (χ0n) is 36.6. The summed E-state index contributed by atoms with van der Waals surface area (Å²) in [6.07, 6.45) is 45.0.